The number of pyridine rings is 1. The highest BCUT2D eigenvalue weighted by atomic mass is 32.2. The molecule has 3 aromatic rings. The molecule has 0 atom stereocenters. The summed E-state index contributed by atoms with van der Waals surface area (Å²) in [4.78, 5) is 15.9. The second-order valence-corrected chi connectivity index (χ2v) is 7.07. The Balaban J connectivity index is 1.64. The van der Waals surface area contributed by atoms with Crippen LogP contribution in [0.25, 0.3) is 5.82 Å². The van der Waals surface area contributed by atoms with Gasteiger partial charge in [-0.05, 0) is 23.6 Å². The molecule has 3 heterocycles. The normalized spacial score (nSPS) is 11.8. The van der Waals surface area contributed by atoms with Gasteiger partial charge in [-0.3, -0.25) is 0 Å². The molecule has 0 aliphatic carbocycles. The van der Waals surface area contributed by atoms with Crippen LogP contribution in [0.15, 0.2) is 40.9 Å². The van der Waals surface area contributed by atoms with Crippen molar-refractivity contribution < 1.29 is 31.5 Å². The van der Waals surface area contributed by atoms with Gasteiger partial charge < -0.3 is 4.74 Å². The fourth-order valence-electron chi connectivity index (χ4n) is 2.01. The van der Waals surface area contributed by atoms with Gasteiger partial charge in [-0.2, -0.15) is 22.0 Å². The van der Waals surface area contributed by atoms with Gasteiger partial charge in [-0.15, -0.1) is 16.4 Å². The number of hydrogen-bond donors (Lipinski definition) is 0. The first-order valence-corrected chi connectivity index (χ1v) is 9.14. The fourth-order valence-corrected chi connectivity index (χ4v) is 3.59. The van der Waals surface area contributed by atoms with Crippen LogP contribution >= 0.6 is 23.1 Å². The first-order valence-electron chi connectivity index (χ1n) is 7.38. The van der Waals surface area contributed by atoms with E-state index >= 15 is 0 Å². The largest absolute Gasteiger partial charge is 0.455 e. The van der Waals surface area contributed by atoms with E-state index in [9.17, 15) is 26.7 Å². The van der Waals surface area contributed by atoms with Crippen molar-refractivity contribution in [2.75, 3.05) is 0 Å². The lowest BCUT2D eigenvalue weighted by molar-refractivity contribution is -0.137. The highest BCUT2D eigenvalue weighted by Gasteiger charge is 2.30. The van der Waals surface area contributed by atoms with Crippen molar-refractivity contribution in [2.24, 2.45) is 0 Å². The summed E-state index contributed by atoms with van der Waals surface area (Å²) in [6.07, 6.45) is -2.52. The van der Waals surface area contributed by atoms with Crippen LogP contribution in [0.3, 0.4) is 0 Å². The quantitative estimate of drug-likeness (QED) is 0.324. The van der Waals surface area contributed by atoms with E-state index in [2.05, 4.69) is 15.3 Å². The third-order valence-corrected chi connectivity index (χ3v) is 5.03. The number of halogens is 5. The summed E-state index contributed by atoms with van der Waals surface area (Å²) >= 11 is 1.21. The molecule has 3 aromatic heterocycles. The molecule has 6 nitrogen and oxygen atoms in total. The standard InChI is InChI=1S/C15H9F5N4O2S2/c16-14(17)28-10-3-4-27-12(10)13(25)26-7-9-6-24(23-22-9)11-2-1-8(5-21-11)15(18,19)20/h1-6,14H,7H2. The zero-order valence-electron chi connectivity index (χ0n) is 13.6. The predicted octanol–water partition coefficient (Wildman–Crippen LogP) is 4.41. The molecule has 0 saturated heterocycles. The van der Waals surface area contributed by atoms with Gasteiger partial charge >= 0.3 is 12.1 Å². The maximum Gasteiger partial charge on any atom is 0.417 e. The number of esters is 1. The summed E-state index contributed by atoms with van der Waals surface area (Å²) < 4.78 is 68.8. The van der Waals surface area contributed by atoms with Crippen LogP contribution in [0.5, 0.6) is 0 Å². The van der Waals surface area contributed by atoms with Crippen molar-refractivity contribution in [3.8, 4) is 5.82 Å². The molecule has 3 rings (SSSR count). The van der Waals surface area contributed by atoms with Gasteiger partial charge in [0, 0.05) is 11.1 Å². The third-order valence-electron chi connectivity index (χ3n) is 3.23. The number of hydrogen-bond acceptors (Lipinski definition) is 7. The number of thioether (sulfide) groups is 1. The molecule has 0 unspecified atom stereocenters. The Hall–Kier alpha value is -2.54. The summed E-state index contributed by atoms with van der Waals surface area (Å²) in [5, 5.41) is 8.94. The van der Waals surface area contributed by atoms with E-state index in [-0.39, 0.29) is 39.7 Å². The summed E-state index contributed by atoms with van der Waals surface area (Å²) in [5.41, 5.74) is -0.700. The Bertz CT molecular complexity index is 956. The minimum atomic E-state index is -4.50. The van der Waals surface area contributed by atoms with Gasteiger partial charge in [0.2, 0.25) is 0 Å². The number of ether oxygens (including phenoxy) is 1. The number of thiophene rings is 1. The smallest absolute Gasteiger partial charge is 0.417 e. The van der Waals surface area contributed by atoms with E-state index in [1.54, 1.807) is 0 Å². The topological polar surface area (TPSA) is 69.9 Å². The van der Waals surface area contributed by atoms with Crippen LogP contribution < -0.4 is 0 Å². The second kappa shape index (κ2) is 8.22. The zero-order chi connectivity index (χ0) is 20.3. The molecule has 13 heteroatoms. The minimum absolute atomic E-state index is 0.0436. The summed E-state index contributed by atoms with van der Waals surface area (Å²) in [6.45, 7) is -0.295. The lowest BCUT2D eigenvalue weighted by Gasteiger charge is -2.06. The number of alkyl halides is 5. The van der Waals surface area contributed by atoms with E-state index in [1.807, 2.05) is 0 Å². The molecule has 0 spiro atoms. The number of rotatable bonds is 6. The third kappa shape index (κ3) is 4.84. The average molecular weight is 436 g/mol. The maximum atomic E-state index is 12.6. The van der Waals surface area contributed by atoms with Crippen molar-refractivity contribution >= 4 is 29.1 Å². The monoisotopic (exact) mass is 436 g/mol. The molecule has 28 heavy (non-hydrogen) atoms. The summed E-state index contributed by atoms with van der Waals surface area (Å²) in [5.74, 6) is -3.37. The zero-order valence-corrected chi connectivity index (χ0v) is 15.2. The Morgan fingerprint density at radius 3 is 2.71 bits per heavy atom. The van der Waals surface area contributed by atoms with Crippen LogP contribution in [0.1, 0.15) is 20.9 Å². The van der Waals surface area contributed by atoms with Crippen LogP contribution in [-0.2, 0) is 17.5 Å². The number of nitrogens with zero attached hydrogens (tertiary/aromatic N) is 4. The van der Waals surface area contributed by atoms with Crippen LogP contribution in [0.4, 0.5) is 22.0 Å². The van der Waals surface area contributed by atoms with Crippen molar-refractivity contribution in [3.05, 3.63) is 52.1 Å². The Morgan fingerprint density at radius 1 is 1.29 bits per heavy atom. The molecule has 0 aliphatic heterocycles. The second-order valence-electron chi connectivity index (χ2n) is 5.13. The van der Waals surface area contributed by atoms with Crippen LogP contribution in [0.2, 0.25) is 0 Å². The molecular weight excluding hydrogens is 427 g/mol. The highest BCUT2D eigenvalue weighted by Crippen LogP contribution is 2.32. The molecule has 0 aliphatic rings. The van der Waals surface area contributed by atoms with Crippen LogP contribution in [-0.4, -0.2) is 31.7 Å². The Morgan fingerprint density at radius 2 is 2.07 bits per heavy atom. The molecule has 0 aromatic carbocycles. The first kappa shape index (κ1) is 20.2. The minimum Gasteiger partial charge on any atom is -0.455 e. The van der Waals surface area contributed by atoms with Crippen molar-refractivity contribution in [1.29, 1.82) is 0 Å². The molecule has 0 radical (unpaired) electrons. The number of aromatic nitrogens is 4. The van der Waals surface area contributed by atoms with Gasteiger partial charge in [-0.1, -0.05) is 17.0 Å². The number of carbonyl (C=O) groups excluding carboxylic acids is 1. The molecule has 148 valence electrons. The van der Waals surface area contributed by atoms with Gasteiger partial charge in [-0.25, -0.2) is 14.5 Å². The van der Waals surface area contributed by atoms with Gasteiger partial charge in [0.25, 0.3) is 5.76 Å². The lowest BCUT2D eigenvalue weighted by Crippen LogP contribution is -2.07. The fraction of sp³-hybridized carbons (Fsp3) is 0.200. The molecule has 0 saturated carbocycles. The van der Waals surface area contributed by atoms with Crippen molar-refractivity contribution in [3.63, 3.8) is 0 Å². The molecule has 0 amide bonds. The Kier molecular flexibility index (Phi) is 5.93. The lowest BCUT2D eigenvalue weighted by atomic mass is 10.3. The van der Waals surface area contributed by atoms with E-state index in [1.165, 1.54) is 17.6 Å². The van der Waals surface area contributed by atoms with Crippen molar-refractivity contribution in [2.45, 2.75) is 23.4 Å². The summed E-state index contributed by atoms with van der Waals surface area (Å²) in [7, 11) is 0. The van der Waals surface area contributed by atoms with Crippen molar-refractivity contribution in [1.82, 2.24) is 20.0 Å². The molecule has 0 fully saturated rings. The van der Waals surface area contributed by atoms with Gasteiger partial charge in [0.15, 0.2) is 5.82 Å². The average Bonchev–Trinajstić information content (AvgIpc) is 3.28. The SMILES string of the molecule is O=C(OCc1cn(-c2ccc(C(F)(F)F)cn2)nn1)c1sccc1SC(F)F. The molecule has 0 bridgehead atoms. The molecule has 0 N–H and O–H groups in total. The Labute approximate surface area is 162 Å². The van der Waals surface area contributed by atoms with E-state index in [0.717, 1.165) is 28.2 Å². The molecular formula is C15H9F5N4O2S2. The first-order chi connectivity index (χ1) is 13.2. The predicted molar refractivity (Wildman–Crippen MR) is 89.5 cm³/mol. The van der Waals surface area contributed by atoms with E-state index in [4.69, 9.17) is 4.74 Å². The highest BCUT2D eigenvalue weighted by molar-refractivity contribution is 7.99. The van der Waals surface area contributed by atoms with E-state index < -0.39 is 23.5 Å². The van der Waals surface area contributed by atoms with Gasteiger partial charge in [0.05, 0.1) is 11.8 Å². The van der Waals surface area contributed by atoms with Crippen LogP contribution in [0, 0.1) is 0 Å². The van der Waals surface area contributed by atoms with Gasteiger partial charge in [0.1, 0.15) is 17.2 Å². The number of carbonyl (C=O) groups is 1. The maximum absolute atomic E-state index is 12.6. The van der Waals surface area contributed by atoms with E-state index in [0.29, 0.717) is 6.20 Å². The summed E-state index contributed by atoms with van der Waals surface area (Å²) in [6, 6.07) is 3.36.